The standard InChI is InChI=1S/C21H19N7O3S/c1-27(2)16-4-3-5-17(10-16)31-21-19(28(29)30)20(23-13-24-21)22-11-14-6-8-15(9-7-14)18-12-32-26-25-18/h3-10,12-13H,11H2,1-2H3,(H,22,23,24). The number of rotatable bonds is 8. The number of aromatic nitrogens is 4. The summed E-state index contributed by atoms with van der Waals surface area (Å²) in [5.41, 5.74) is 3.25. The molecule has 0 amide bonds. The van der Waals surface area contributed by atoms with E-state index in [0.29, 0.717) is 12.3 Å². The van der Waals surface area contributed by atoms with E-state index in [4.69, 9.17) is 4.74 Å². The number of nitrogens with zero attached hydrogens (tertiary/aromatic N) is 6. The maximum atomic E-state index is 11.8. The second-order valence-electron chi connectivity index (χ2n) is 6.97. The van der Waals surface area contributed by atoms with E-state index in [1.54, 1.807) is 12.1 Å². The Balaban J connectivity index is 1.53. The van der Waals surface area contributed by atoms with Crippen molar-refractivity contribution >= 4 is 28.7 Å². The molecule has 10 nitrogen and oxygen atoms in total. The molecule has 0 saturated heterocycles. The number of benzene rings is 2. The lowest BCUT2D eigenvalue weighted by Crippen LogP contribution is -2.09. The monoisotopic (exact) mass is 449 g/mol. The average Bonchev–Trinajstić information content (AvgIpc) is 3.33. The van der Waals surface area contributed by atoms with Crippen LogP contribution in [0.15, 0.2) is 60.2 Å². The summed E-state index contributed by atoms with van der Waals surface area (Å²) in [4.78, 5) is 21.2. The van der Waals surface area contributed by atoms with Gasteiger partial charge in [0, 0.05) is 43.3 Å². The minimum atomic E-state index is -0.550. The summed E-state index contributed by atoms with van der Waals surface area (Å²) in [5.74, 6) is 0.391. The highest BCUT2D eigenvalue weighted by atomic mass is 32.1. The highest BCUT2D eigenvalue weighted by molar-refractivity contribution is 7.03. The molecule has 0 aliphatic heterocycles. The first kappa shape index (κ1) is 21.1. The van der Waals surface area contributed by atoms with Crippen LogP contribution in [0.2, 0.25) is 0 Å². The number of hydrogen-bond donors (Lipinski definition) is 1. The summed E-state index contributed by atoms with van der Waals surface area (Å²) >= 11 is 1.29. The largest absolute Gasteiger partial charge is 0.433 e. The normalized spacial score (nSPS) is 10.6. The molecule has 0 spiro atoms. The topological polar surface area (TPSA) is 119 Å². The third-order valence-corrected chi connectivity index (χ3v) is 5.09. The zero-order valence-electron chi connectivity index (χ0n) is 17.3. The van der Waals surface area contributed by atoms with E-state index in [-0.39, 0.29) is 17.4 Å². The van der Waals surface area contributed by atoms with Crippen molar-refractivity contribution in [1.29, 1.82) is 0 Å². The van der Waals surface area contributed by atoms with Crippen LogP contribution in [0.4, 0.5) is 17.2 Å². The smallest absolute Gasteiger partial charge is 0.373 e. The Labute approximate surface area is 187 Å². The Morgan fingerprint density at radius 1 is 1.16 bits per heavy atom. The van der Waals surface area contributed by atoms with Crippen molar-refractivity contribution in [2.24, 2.45) is 0 Å². The fourth-order valence-corrected chi connectivity index (χ4v) is 3.40. The number of ether oxygens (including phenoxy) is 1. The molecule has 11 heteroatoms. The summed E-state index contributed by atoms with van der Waals surface area (Å²) in [6.45, 7) is 0.336. The molecule has 32 heavy (non-hydrogen) atoms. The van der Waals surface area contributed by atoms with E-state index in [1.165, 1.54) is 17.9 Å². The van der Waals surface area contributed by atoms with Crippen molar-refractivity contribution in [1.82, 2.24) is 19.6 Å². The van der Waals surface area contributed by atoms with Crippen LogP contribution in [-0.2, 0) is 6.54 Å². The Hall–Kier alpha value is -4.12. The molecule has 4 aromatic rings. The summed E-state index contributed by atoms with van der Waals surface area (Å²) in [6, 6.07) is 14.9. The summed E-state index contributed by atoms with van der Waals surface area (Å²) in [5, 5.41) is 20.7. The Kier molecular flexibility index (Phi) is 6.17. The van der Waals surface area contributed by atoms with Crippen molar-refractivity contribution in [3.05, 3.63) is 75.9 Å². The van der Waals surface area contributed by atoms with Gasteiger partial charge in [0.1, 0.15) is 17.8 Å². The van der Waals surface area contributed by atoms with E-state index < -0.39 is 4.92 Å². The molecule has 0 fully saturated rings. The first-order valence-electron chi connectivity index (χ1n) is 9.56. The predicted molar refractivity (Wildman–Crippen MR) is 122 cm³/mol. The zero-order valence-corrected chi connectivity index (χ0v) is 18.1. The number of nitro groups is 1. The molecular formula is C21H19N7O3S. The van der Waals surface area contributed by atoms with Crippen LogP contribution in [0.5, 0.6) is 11.6 Å². The van der Waals surface area contributed by atoms with Crippen LogP contribution in [0, 0.1) is 10.1 Å². The number of hydrogen-bond acceptors (Lipinski definition) is 10. The highest BCUT2D eigenvalue weighted by Gasteiger charge is 2.25. The molecular weight excluding hydrogens is 430 g/mol. The Morgan fingerprint density at radius 2 is 1.97 bits per heavy atom. The summed E-state index contributed by atoms with van der Waals surface area (Å²) in [6.07, 6.45) is 1.23. The van der Waals surface area contributed by atoms with Crippen molar-refractivity contribution in [3.63, 3.8) is 0 Å². The maximum Gasteiger partial charge on any atom is 0.373 e. The first-order valence-corrected chi connectivity index (χ1v) is 10.4. The van der Waals surface area contributed by atoms with Gasteiger partial charge in [-0.05, 0) is 29.2 Å². The molecule has 0 radical (unpaired) electrons. The Bertz CT molecular complexity index is 1210. The minimum absolute atomic E-state index is 0.0801. The maximum absolute atomic E-state index is 11.8. The van der Waals surface area contributed by atoms with Crippen LogP contribution in [0.1, 0.15) is 5.56 Å². The summed E-state index contributed by atoms with van der Waals surface area (Å²) in [7, 11) is 3.79. The SMILES string of the molecule is CN(C)c1cccc(Oc2ncnc(NCc3ccc(-c4csnn4)cc3)c2[N+](=O)[O-])c1. The zero-order chi connectivity index (χ0) is 22.5. The quantitative estimate of drug-likeness (QED) is 0.309. The van der Waals surface area contributed by atoms with Gasteiger partial charge in [-0.25, -0.2) is 4.98 Å². The van der Waals surface area contributed by atoms with Gasteiger partial charge in [0.05, 0.1) is 4.92 Å². The van der Waals surface area contributed by atoms with Crippen LogP contribution in [-0.4, -0.2) is 38.6 Å². The molecule has 0 aliphatic carbocycles. The average molecular weight is 449 g/mol. The van der Waals surface area contributed by atoms with Gasteiger partial charge in [-0.2, -0.15) is 4.98 Å². The molecule has 0 atom stereocenters. The van der Waals surface area contributed by atoms with Crippen LogP contribution >= 0.6 is 11.5 Å². The van der Waals surface area contributed by atoms with Crippen molar-refractivity contribution in [2.75, 3.05) is 24.3 Å². The molecule has 0 aliphatic rings. The Morgan fingerprint density at radius 3 is 2.66 bits per heavy atom. The van der Waals surface area contributed by atoms with Crippen molar-refractivity contribution in [2.45, 2.75) is 6.54 Å². The third-order valence-electron chi connectivity index (χ3n) is 4.59. The van der Waals surface area contributed by atoms with E-state index in [0.717, 1.165) is 22.5 Å². The summed E-state index contributed by atoms with van der Waals surface area (Å²) < 4.78 is 9.60. The van der Waals surface area contributed by atoms with Crippen molar-refractivity contribution < 1.29 is 9.66 Å². The van der Waals surface area contributed by atoms with Gasteiger partial charge >= 0.3 is 11.6 Å². The van der Waals surface area contributed by atoms with Gasteiger partial charge < -0.3 is 15.0 Å². The van der Waals surface area contributed by atoms with E-state index in [1.807, 2.05) is 60.8 Å². The predicted octanol–water partition coefficient (Wildman–Crippen LogP) is 4.37. The third kappa shape index (κ3) is 4.78. The molecule has 4 rings (SSSR count). The van der Waals surface area contributed by atoms with Crippen LogP contribution < -0.4 is 15.0 Å². The lowest BCUT2D eigenvalue weighted by Gasteiger charge is -2.14. The van der Waals surface area contributed by atoms with Gasteiger partial charge in [-0.3, -0.25) is 10.1 Å². The van der Waals surface area contributed by atoms with Crippen LogP contribution in [0.3, 0.4) is 0 Å². The van der Waals surface area contributed by atoms with Gasteiger partial charge in [0.15, 0.2) is 0 Å². The molecule has 0 unspecified atom stereocenters. The van der Waals surface area contributed by atoms with Gasteiger partial charge in [0.2, 0.25) is 5.82 Å². The van der Waals surface area contributed by atoms with Gasteiger partial charge in [-0.1, -0.05) is 34.8 Å². The fourth-order valence-electron chi connectivity index (χ4n) is 2.94. The molecule has 2 aromatic carbocycles. The first-order chi connectivity index (χ1) is 15.5. The van der Waals surface area contributed by atoms with E-state index >= 15 is 0 Å². The van der Waals surface area contributed by atoms with Gasteiger partial charge in [0.25, 0.3) is 0 Å². The molecule has 0 saturated carbocycles. The fraction of sp³-hybridized carbons (Fsp3) is 0.143. The minimum Gasteiger partial charge on any atom is -0.433 e. The second kappa shape index (κ2) is 9.35. The lowest BCUT2D eigenvalue weighted by atomic mass is 10.1. The van der Waals surface area contributed by atoms with Gasteiger partial charge in [-0.15, -0.1) is 5.10 Å². The molecule has 0 bridgehead atoms. The number of anilines is 2. The molecule has 162 valence electrons. The highest BCUT2D eigenvalue weighted by Crippen LogP contribution is 2.35. The second-order valence-corrected chi connectivity index (χ2v) is 7.58. The number of nitrogens with one attached hydrogen (secondary N) is 1. The van der Waals surface area contributed by atoms with E-state index in [2.05, 4.69) is 24.9 Å². The molecule has 2 heterocycles. The van der Waals surface area contributed by atoms with Crippen molar-refractivity contribution in [3.8, 4) is 22.9 Å². The lowest BCUT2D eigenvalue weighted by molar-refractivity contribution is -0.385. The van der Waals surface area contributed by atoms with E-state index in [9.17, 15) is 10.1 Å². The molecule has 2 aromatic heterocycles. The molecule has 1 N–H and O–H groups in total. The van der Waals surface area contributed by atoms with Crippen LogP contribution in [0.25, 0.3) is 11.3 Å².